The van der Waals surface area contributed by atoms with Crippen LogP contribution in [0.5, 0.6) is 0 Å². The van der Waals surface area contributed by atoms with Gasteiger partial charge in [0.15, 0.2) is 0 Å². The Morgan fingerprint density at radius 3 is 2.09 bits per heavy atom. The van der Waals surface area contributed by atoms with Gasteiger partial charge in [-0.1, -0.05) is 45.0 Å². The molecule has 2 aromatic rings. The van der Waals surface area contributed by atoms with E-state index in [1.807, 2.05) is 41.5 Å². The number of anilines is 2. The lowest BCUT2D eigenvalue weighted by atomic mass is 9.94. The third-order valence-electron chi connectivity index (χ3n) is 9.32. The molecule has 1 aliphatic rings. The van der Waals surface area contributed by atoms with Gasteiger partial charge in [0.2, 0.25) is 35.4 Å². The molecule has 1 heterocycles. The second-order valence-electron chi connectivity index (χ2n) is 15.5. The average molecular weight is 764 g/mol. The molecule has 0 bridgehead atoms. The predicted molar refractivity (Wildman–Crippen MR) is 207 cm³/mol. The van der Waals surface area contributed by atoms with Gasteiger partial charge in [0.1, 0.15) is 12.6 Å². The van der Waals surface area contributed by atoms with Crippen molar-refractivity contribution in [2.45, 2.75) is 118 Å². The van der Waals surface area contributed by atoms with Gasteiger partial charge in [0.25, 0.3) is 0 Å². The Morgan fingerprint density at radius 2 is 1.49 bits per heavy atom. The molecule has 2 aromatic carbocycles. The van der Waals surface area contributed by atoms with Crippen LogP contribution in [0.1, 0.15) is 98.6 Å². The lowest BCUT2D eigenvalue weighted by Gasteiger charge is -2.30. The number of ether oxygens (including phenoxy) is 2. The number of carbonyl (C=O) groups is 7. The SMILES string of the molecule is CCC(=O)OCc1ccc(NC(=O)C(C)NC(=O)CNC(=O)CCC(C)(C)OCCC(C)(C)NC(=O)Cc2ccc(N3C(=O)CC(C(C)C)C3=O)cc2)cc1. The number of carbonyl (C=O) groups excluding carboxylic acids is 7. The van der Waals surface area contributed by atoms with Crippen molar-refractivity contribution in [1.82, 2.24) is 16.0 Å². The molecular formula is C41H57N5O9. The van der Waals surface area contributed by atoms with E-state index in [2.05, 4.69) is 21.3 Å². The van der Waals surface area contributed by atoms with Gasteiger partial charge >= 0.3 is 5.97 Å². The summed E-state index contributed by atoms with van der Waals surface area (Å²) >= 11 is 0. The maximum Gasteiger partial charge on any atom is 0.305 e. The molecule has 55 heavy (non-hydrogen) atoms. The molecule has 1 fully saturated rings. The third-order valence-corrected chi connectivity index (χ3v) is 9.32. The Bertz CT molecular complexity index is 1690. The van der Waals surface area contributed by atoms with Crippen LogP contribution in [0.3, 0.4) is 0 Å². The fourth-order valence-corrected chi connectivity index (χ4v) is 5.78. The first-order valence-corrected chi connectivity index (χ1v) is 18.8. The van der Waals surface area contributed by atoms with Crippen LogP contribution in [0.2, 0.25) is 0 Å². The minimum Gasteiger partial charge on any atom is -0.461 e. The van der Waals surface area contributed by atoms with Crippen molar-refractivity contribution in [3.05, 3.63) is 59.7 Å². The van der Waals surface area contributed by atoms with Crippen molar-refractivity contribution in [2.24, 2.45) is 11.8 Å². The van der Waals surface area contributed by atoms with E-state index in [4.69, 9.17) is 9.47 Å². The Balaban J connectivity index is 1.32. The van der Waals surface area contributed by atoms with Gasteiger partial charge in [-0.2, -0.15) is 0 Å². The highest BCUT2D eigenvalue weighted by Crippen LogP contribution is 2.31. The summed E-state index contributed by atoms with van der Waals surface area (Å²) in [6.07, 6.45) is 1.63. The Hall–Kier alpha value is -5.11. The molecule has 4 N–H and O–H groups in total. The normalized spacial score (nSPS) is 15.1. The summed E-state index contributed by atoms with van der Waals surface area (Å²) in [5, 5.41) is 10.9. The zero-order valence-electron chi connectivity index (χ0n) is 33.3. The van der Waals surface area contributed by atoms with Gasteiger partial charge in [0, 0.05) is 37.1 Å². The topological polar surface area (TPSA) is 189 Å². The van der Waals surface area contributed by atoms with Crippen LogP contribution < -0.4 is 26.2 Å². The van der Waals surface area contributed by atoms with E-state index in [9.17, 15) is 33.6 Å². The lowest BCUT2D eigenvalue weighted by molar-refractivity contribution is -0.144. The Labute approximate surface area is 323 Å². The van der Waals surface area contributed by atoms with Crippen molar-refractivity contribution in [3.63, 3.8) is 0 Å². The molecule has 2 atom stereocenters. The summed E-state index contributed by atoms with van der Waals surface area (Å²) in [4.78, 5) is 88.2. The van der Waals surface area contributed by atoms with Gasteiger partial charge in [-0.15, -0.1) is 0 Å². The fraction of sp³-hybridized carbons (Fsp3) is 0.537. The van der Waals surface area contributed by atoms with Crippen LogP contribution in [-0.4, -0.2) is 71.7 Å². The molecule has 1 saturated heterocycles. The fourth-order valence-electron chi connectivity index (χ4n) is 5.78. The summed E-state index contributed by atoms with van der Waals surface area (Å²) < 4.78 is 11.2. The van der Waals surface area contributed by atoms with E-state index < -0.39 is 29.0 Å². The third kappa shape index (κ3) is 14.6. The molecule has 0 radical (unpaired) electrons. The highest BCUT2D eigenvalue weighted by Gasteiger charge is 2.40. The number of rotatable bonds is 20. The molecule has 300 valence electrons. The minimum absolute atomic E-state index is 0.0763. The zero-order valence-corrected chi connectivity index (χ0v) is 33.3. The number of hydrogen-bond acceptors (Lipinski definition) is 9. The number of imide groups is 1. The molecule has 14 heteroatoms. The van der Waals surface area contributed by atoms with Crippen LogP contribution in [-0.2, 0) is 56.1 Å². The molecule has 0 aromatic heterocycles. The molecule has 1 aliphatic heterocycles. The van der Waals surface area contributed by atoms with E-state index in [-0.39, 0.29) is 80.3 Å². The van der Waals surface area contributed by atoms with Crippen LogP contribution in [0.15, 0.2) is 48.5 Å². The maximum atomic E-state index is 12.9. The van der Waals surface area contributed by atoms with Crippen LogP contribution in [0, 0.1) is 11.8 Å². The quantitative estimate of drug-likeness (QED) is 0.112. The van der Waals surface area contributed by atoms with Crippen molar-refractivity contribution in [3.8, 4) is 0 Å². The van der Waals surface area contributed by atoms with E-state index in [1.54, 1.807) is 55.5 Å². The van der Waals surface area contributed by atoms with Crippen LogP contribution in [0.4, 0.5) is 11.4 Å². The molecule has 3 rings (SSSR count). The summed E-state index contributed by atoms with van der Waals surface area (Å²) in [6, 6.07) is 12.8. The van der Waals surface area contributed by atoms with E-state index in [0.717, 1.165) is 11.1 Å². The van der Waals surface area contributed by atoms with Crippen molar-refractivity contribution >= 4 is 52.8 Å². The van der Waals surface area contributed by atoms with E-state index in [1.165, 1.54) is 11.8 Å². The van der Waals surface area contributed by atoms with Crippen molar-refractivity contribution in [1.29, 1.82) is 0 Å². The number of nitrogens with one attached hydrogen (secondary N) is 4. The number of esters is 1. The van der Waals surface area contributed by atoms with Gasteiger partial charge in [-0.25, -0.2) is 0 Å². The summed E-state index contributed by atoms with van der Waals surface area (Å²) in [5.41, 5.74) is 1.30. The minimum atomic E-state index is -0.860. The summed E-state index contributed by atoms with van der Waals surface area (Å²) in [6.45, 7) is 14.8. The first-order valence-electron chi connectivity index (χ1n) is 18.8. The molecule has 14 nitrogen and oxygen atoms in total. The van der Waals surface area contributed by atoms with Gasteiger partial charge in [-0.3, -0.25) is 38.5 Å². The standard InChI is InChI=1S/C41H57N5O9/c1-9-37(51)54-25-29-10-14-30(15-11-29)44-38(52)27(4)43-35(49)24-42-33(47)18-19-41(7,8)55-21-20-40(5,6)45-34(48)22-28-12-16-31(17-13-28)46-36(50)23-32(26(2)3)39(46)53/h10-17,26-27,32H,9,18-25H2,1-8H3,(H,42,47)(H,43,49)(H,44,52)(H,45,48). The predicted octanol–water partition coefficient (Wildman–Crippen LogP) is 4.34. The molecule has 0 saturated carbocycles. The largest absolute Gasteiger partial charge is 0.461 e. The number of benzene rings is 2. The smallest absolute Gasteiger partial charge is 0.305 e. The zero-order chi connectivity index (χ0) is 40.9. The van der Waals surface area contributed by atoms with Crippen LogP contribution >= 0.6 is 0 Å². The lowest BCUT2D eigenvalue weighted by Crippen LogP contribution is -2.46. The molecular weight excluding hydrogens is 706 g/mol. The monoisotopic (exact) mass is 763 g/mol. The summed E-state index contributed by atoms with van der Waals surface area (Å²) in [7, 11) is 0. The first-order chi connectivity index (χ1) is 25.8. The second kappa shape index (κ2) is 20.0. The summed E-state index contributed by atoms with van der Waals surface area (Å²) in [5.74, 6) is -2.42. The molecule has 0 spiro atoms. The van der Waals surface area contributed by atoms with Gasteiger partial charge in [0.05, 0.1) is 30.2 Å². The average Bonchev–Trinajstić information content (AvgIpc) is 3.42. The van der Waals surface area contributed by atoms with Crippen molar-refractivity contribution < 1.29 is 43.0 Å². The van der Waals surface area contributed by atoms with E-state index >= 15 is 0 Å². The number of hydrogen-bond donors (Lipinski definition) is 4. The maximum absolute atomic E-state index is 12.9. The molecule has 6 amide bonds. The van der Waals surface area contributed by atoms with Gasteiger partial charge in [-0.05, 0) is 88.8 Å². The Morgan fingerprint density at radius 1 is 0.855 bits per heavy atom. The Kier molecular flexibility index (Phi) is 16.1. The number of amides is 6. The molecule has 2 unspecified atom stereocenters. The van der Waals surface area contributed by atoms with Gasteiger partial charge < -0.3 is 30.7 Å². The van der Waals surface area contributed by atoms with Crippen molar-refractivity contribution in [2.75, 3.05) is 23.4 Å². The highest BCUT2D eigenvalue weighted by molar-refractivity contribution is 6.21. The molecule has 0 aliphatic carbocycles. The number of nitrogens with zero attached hydrogens (tertiary/aromatic N) is 1. The van der Waals surface area contributed by atoms with E-state index in [0.29, 0.717) is 30.8 Å². The first kappa shape index (κ1) is 44.3. The highest BCUT2D eigenvalue weighted by atomic mass is 16.5. The second-order valence-corrected chi connectivity index (χ2v) is 15.5. The van der Waals surface area contributed by atoms with Crippen LogP contribution in [0.25, 0.3) is 0 Å².